The summed E-state index contributed by atoms with van der Waals surface area (Å²) in [5.74, 6) is 0.408. The molecule has 112 valence electrons. The van der Waals surface area contributed by atoms with E-state index in [1.165, 1.54) is 12.1 Å². The molecule has 0 amide bonds. The second kappa shape index (κ2) is 5.70. The average Bonchev–Trinajstić information content (AvgIpc) is 3.15. The third-order valence-electron chi connectivity index (χ3n) is 3.70. The average molecular weight is 314 g/mol. The van der Waals surface area contributed by atoms with E-state index in [0.717, 1.165) is 23.6 Å². The molecule has 2 aromatic carbocycles. The fraction of sp³-hybridized carbons (Fsp3) is 0.250. The number of alkyl halides is 3. The molecular formula is C16H15ClF3N. The van der Waals surface area contributed by atoms with Crippen LogP contribution in [-0.4, -0.2) is 6.04 Å². The molecule has 1 aliphatic rings. The van der Waals surface area contributed by atoms with Gasteiger partial charge in [-0.25, -0.2) is 0 Å². The Balaban J connectivity index is 0.00000161. The van der Waals surface area contributed by atoms with Crippen LogP contribution in [0.5, 0.6) is 0 Å². The minimum absolute atomic E-state index is 0. The Kier molecular flexibility index (Phi) is 4.30. The fourth-order valence-electron chi connectivity index (χ4n) is 2.40. The van der Waals surface area contributed by atoms with E-state index in [1.54, 1.807) is 6.07 Å². The van der Waals surface area contributed by atoms with Gasteiger partial charge in [0.2, 0.25) is 0 Å². The van der Waals surface area contributed by atoms with Gasteiger partial charge in [0.1, 0.15) is 0 Å². The maximum Gasteiger partial charge on any atom is 0.416 e. The van der Waals surface area contributed by atoms with Crippen molar-refractivity contribution in [3.8, 4) is 11.1 Å². The van der Waals surface area contributed by atoms with E-state index in [4.69, 9.17) is 5.73 Å². The normalized spacial score (nSPS) is 20.8. The first kappa shape index (κ1) is 15.9. The molecule has 1 fully saturated rings. The Morgan fingerprint density at radius 2 is 1.57 bits per heavy atom. The van der Waals surface area contributed by atoms with E-state index < -0.39 is 11.7 Å². The molecule has 1 saturated carbocycles. The van der Waals surface area contributed by atoms with Gasteiger partial charge in [-0.2, -0.15) is 13.2 Å². The summed E-state index contributed by atoms with van der Waals surface area (Å²) in [5.41, 5.74) is 7.69. The third-order valence-corrected chi connectivity index (χ3v) is 3.70. The lowest BCUT2D eigenvalue weighted by atomic mass is 10.0. The molecule has 1 nitrogen and oxygen atoms in total. The zero-order chi connectivity index (χ0) is 14.3. The molecule has 0 heterocycles. The van der Waals surface area contributed by atoms with Gasteiger partial charge in [-0.05, 0) is 35.2 Å². The number of hydrogen-bond acceptors (Lipinski definition) is 1. The Bertz CT molecular complexity index is 622. The number of halogens is 4. The summed E-state index contributed by atoms with van der Waals surface area (Å²) in [6, 6.07) is 13.2. The van der Waals surface area contributed by atoms with Crippen molar-refractivity contribution in [3.63, 3.8) is 0 Å². The van der Waals surface area contributed by atoms with Crippen molar-refractivity contribution in [2.75, 3.05) is 0 Å². The van der Waals surface area contributed by atoms with Crippen molar-refractivity contribution >= 4 is 12.4 Å². The quantitative estimate of drug-likeness (QED) is 0.861. The van der Waals surface area contributed by atoms with Gasteiger partial charge in [0, 0.05) is 12.0 Å². The molecule has 0 spiro atoms. The highest BCUT2D eigenvalue weighted by atomic mass is 35.5. The van der Waals surface area contributed by atoms with E-state index in [-0.39, 0.29) is 18.4 Å². The second-order valence-electron chi connectivity index (χ2n) is 5.21. The van der Waals surface area contributed by atoms with E-state index in [0.29, 0.717) is 11.5 Å². The summed E-state index contributed by atoms with van der Waals surface area (Å²) in [6.07, 6.45) is -3.32. The number of nitrogens with two attached hydrogens (primary N) is 1. The Labute approximate surface area is 127 Å². The molecule has 5 heteroatoms. The van der Waals surface area contributed by atoms with E-state index in [9.17, 15) is 13.2 Å². The van der Waals surface area contributed by atoms with Crippen molar-refractivity contribution in [2.45, 2.75) is 24.6 Å². The molecule has 0 unspecified atom stereocenters. The van der Waals surface area contributed by atoms with Gasteiger partial charge < -0.3 is 5.73 Å². The minimum atomic E-state index is -4.31. The summed E-state index contributed by atoms with van der Waals surface area (Å²) in [7, 11) is 0. The van der Waals surface area contributed by atoms with Gasteiger partial charge in [-0.15, -0.1) is 12.4 Å². The zero-order valence-electron chi connectivity index (χ0n) is 11.1. The second-order valence-corrected chi connectivity index (χ2v) is 5.21. The molecular weight excluding hydrogens is 299 g/mol. The summed E-state index contributed by atoms with van der Waals surface area (Å²) < 4.78 is 38.1. The smallest absolute Gasteiger partial charge is 0.327 e. The van der Waals surface area contributed by atoms with Gasteiger partial charge in [0.05, 0.1) is 5.56 Å². The van der Waals surface area contributed by atoms with Crippen LogP contribution in [-0.2, 0) is 6.18 Å². The topological polar surface area (TPSA) is 26.0 Å². The lowest BCUT2D eigenvalue weighted by molar-refractivity contribution is -0.137. The maximum atomic E-state index is 12.7. The summed E-state index contributed by atoms with van der Waals surface area (Å²) in [6.45, 7) is 0. The standard InChI is InChI=1S/C16H14F3N.ClH/c17-16(18,19)13-3-1-2-12(8-13)10-4-6-11(7-5-10)14-9-15(14)20;/h1-8,14-15H,9,20H2;1H/t14-,15+;/m0./s1. The highest BCUT2D eigenvalue weighted by Gasteiger charge is 2.34. The van der Waals surface area contributed by atoms with Crippen LogP contribution in [0.2, 0.25) is 0 Å². The molecule has 0 aliphatic heterocycles. The fourth-order valence-corrected chi connectivity index (χ4v) is 2.40. The van der Waals surface area contributed by atoms with Crippen LogP contribution >= 0.6 is 12.4 Å². The largest absolute Gasteiger partial charge is 0.416 e. The van der Waals surface area contributed by atoms with Gasteiger partial charge in [0.15, 0.2) is 0 Å². The molecule has 2 atom stereocenters. The van der Waals surface area contributed by atoms with Gasteiger partial charge >= 0.3 is 6.18 Å². The third kappa shape index (κ3) is 3.39. The first-order chi connectivity index (χ1) is 9.45. The highest BCUT2D eigenvalue weighted by molar-refractivity contribution is 5.85. The van der Waals surface area contributed by atoms with E-state index in [2.05, 4.69) is 0 Å². The lowest BCUT2D eigenvalue weighted by Crippen LogP contribution is -2.04. The van der Waals surface area contributed by atoms with Crippen LogP contribution in [0.3, 0.4) is 0 Å². The Morgan fingerprint density at radius 1 is 0.952 bits per heavy atom. The Hall–Kier alpha value is -1.52. The zero-order valence-corrected chi connectivity index (χ0v) is 11.9. The summed E-state index contributed by atoms with van der Waals surface area (Å²) >= 11 is 0. The van der Waals surface area contributed by atoms with Crippen molar-refractivity contribution in [1.29, 1.82) is 0 Å². The molecule has 2 aromatic rings. The van der Waals surface area contributed by atoms with Crippen LogP contribution in [0.15, 0.2) is 48.5 Å². The van der Waals surface area contributed by atoms with Gasteiger partial charge in [0.25, 0.3) is 0 Å². The SMILES string of the molecule is Cl.N[C@@H]1C[C@H]1c1ccc(-c2cccc(C(F)(F)F)c2)cc1. The van der Waals surface area contributed by atoms with Crippen LogP contribution in [0, 0.1) is 0 Å². The number of benzene rings is 2. The van der Waals surface area contributed by atoms with Crippen molar-refractivity contribution in [2.24, 2.45) is 5.73 Å². The maximum absolute atomic E-state index is 12.7. The number of rotatable bonds is 2. The van der Waals surface area contributed by atoms with Crippen LogP contribution in [0.1, 0.15) is 23.5 Å². The molecule has 3 rings (SSSR count). The van der Waals surface area contributed by atoms with Crippen LogP contribution in [0.25, 0.3) is 11.1 Å². The lowest BCUT2D eigenvalue weighted by Gasteiger charge is -2.09. The monoisotopic (exact) mass is 313 g/mol. The van der Waals surface area contributed by atoms with Crippen molar-refractivity contribution in [1.82, 2.24) is 0 Å². The predicted octanol–water partition coefficient (Wildman–Crippen LogP) is 4.61. The van der Waals surface area contributed by atoms with Gasteiger partial charge in [-0.1, -0.05) is 36.4 Å². The van der Waals surface area contributed by atoms with Crippen molar-refractivity contribution in [3.05, 3.63) is 59.7 Å². The molecule has 1 aliphatic carbocycles. The molecule has 0 saturated heterocycles. The molecule has 21 heavy (non-hydrogen) atoms. The number of hydrogen-bond donors (Lipinski definition) is 1. The van der Waals surface area contributed by atoms with E-state index in [1.807, 2.05) is 24.3 Å². The molecule has 2 N–H and O–H groups in total. The molecule has 0 bridgehead atoms. The molecule has 0 aromatic heterocycles. The van der Waals surface area contributed by atoms with E-state index >= 15 is 0 Å². The predicted molar refractivity (Wildman–Crippen MR) is 79.5 cm³/mol. The minimum Gasteiger partial charge on any atom is -0.327 e. The summed E-state index contributed by atoms with van der Waals surface area (Å²) in [4.78, 5) is 0. The highest BCUT2D eigenvalue weighted by Crippen LogP contribution is 2.39. The van der Waals surface area contributed by atoms with Gasteiger partial charge in [-0.3, -0.25) is 0 Å². The van der Waals surface area contributed by atoms with Crippen LogP contribution in [0.4, 0.5) is 13.2 Å². The first-order valence-electron chi connectivity index (χ1n) is 6.48. The first-order valence-corrected chi connectivity index (χ1v) is 6.48. The van der Waals surface area contributed by atoms with Crippen LogP contribution < -0.4 is 5.73 Å². The molecule has 0 radical (unpaired) electrons. The Morgan fingerprint density at radius 3 is 2.10 bits per heavy atom. The van der Waals surface area contributed by atoms with Crippen molar-refractivity contribution < 1.29 is 13.2 Å². The summed E-state index contributed by atoms with van der Waals surface area (Å²) in [5, 5.41) is 0.